The van der Waals surface area contributed by atoms with Gasteiger partial charge in [0.2, 0.25) is 5.91 Å². The Balaban J connectivity index is 2.52. The molecule has 1 aliphatic rings. The Morgan fingerprint density at radius 3 is 2.73 bits per heavy atom. The Labute approximate surface area is 93.0 Å². The number of carbonyl (C=O) groups is 1. The summed E-state index contributed by atoms with van der Waals surface area (Å²) in [6, 6.07) is 0. The molecule has 0 aromatic heterocycles. The van der Waals surface area contributed by atoms with Gasteiger partial charge in [0.15, 0.2) is 0 Å². The maximum atomic E-state index is 12.1. The van der Waals surface area contributed by atoms with Gasteiger partial charge >= 0.3 is 0 Å². The number of hydrogen-bond donors (Lipinski definition) is 2. The van der Waals surface area contributed by atoms with Gasteiger partial charge in [-0.3, -0.25) is 4.79 Å². The molecule has 1 amide bonds. The first-order valence-electron chi connectivity index (χ1n) is 6.12. The van der Waals surface area contributed by atoms with Crippen LogP contribution in [0.1, 0.15) is 40.0 Å². The smallest absolute Gasteiger partial charge is 0.227 e. The molecule has 0 aromatic carbocycles. The maximum absolute atomic E-state index is 12.1. The van der Waals surface area contributed by atoms with Gasteiger partial charge in [0.05, 0.1) is 5.41 Å². The van der Waals surface area contributed by atoms with E-state index in [-0.39, 0.29) is 11.3 Å². The van der Waals surface area contributed by atoms with Crippen molar-refractivity contribution in [2.45, 2.75) is 40.0 Å². The standard InChI is InChI=1S/C12H24N2O/c1-4-5-7-14-11(15)12(10(2)3)6-8-13-9-12/h10,13H,4-9H2,1-3H3,(H,14,15). The first-order valence-corrected chi connectivity index (χ1v) is 6.12. The summed E-state index contributed by atoms with van der Waals surface area (Å²) in [5, 5.41) is 6.37. The minimum absolute atomic E-state index is 0.159. The van der Waals surface area contributed by atoms with Crippen molar-refractivity contribution in [2.75, 3.05) is 19.6 Å². The molecule has 1 aliphatic heterocycles. The van der Waals surface area contributed by atoms with Crippen molar-refractivity contribution in [3.8, 4) is 0 Å². The lowest BCUT2D eigenvalue weighted by Gasteiger charge is -2.31. The molecule has 2 N–H and O–H groups in total. The Morgan fingerprint density at radius 1 is 1.53 bits per heavy atom. The molecule has 0 aliphatic carbocycles. The number of nitrogens with one attached hydrogen (secondary N) is 2. The molecular weight excluding hydrogens is 188 g/mol. The van der Waals surface area contributed by atoms with Gasteiger partial charge in [-0.2, -0.15) is 0 Å². The highest BCUT2D eigenvalue weighted by Crippen LogP contribution is 2.34. The summed E-state index contributed by atoms with van der Waals surface area (Å²) >= 11 is 0. The highest BCUT2D eigenvalue weighted by molar-refractivity contribution is 5.83. The minimum Gasteiger partial charge on any atom is -0.356 e. The van der Waals surface area contributed by atoms with E-state index in [2.05, 4.69) is 31.4 Å². The Bertz CT molecular complexity index is 208. The van der Waals surface area contributed by atoms with Crippen LogP contribution in [0.25, 0.3) is 0 Å². The van der Waals surface area contributed by atoms with Crippen molar-refractivity contribution in [3.05, 3.63) is 0 Å². The van der Waals surface area contributed by atoms with Gasteiger partial charge < -0.3 is 10.6 Å². The van der Waals surface area contributed by atoms with E-state index < -0.39 is 0 Å². The van der Waals surface area contributed by atoms with Gasteiger partial charge in [-0.05, 0) is 25.3 Å². The fourth-order valence-corrected chi connectivity index (χ4v) is 2.21. The molecule has 0 radical (unpaired) electrons. The van der Waals surface area contributed by atoms with Crippen LogP contribution in [0.3, 0.4) is 0 Å². The van der Waals surface area contributed by atoms with Gasteiger partial charge in [0.25, 0.3) is 0 Å². The summed E-state index contributed by atoms with van der Waals surface area (Å²) in [5.41, 5.74) is -0.159. The largest absolute Gasteiger partial charge is 0.356 e. The van der Waals surface area contributed by atoms with Gasteiger partial charge in [0, 0.05) is 13.1 Å². The van der Waals surface area contributed by atoms with Crippen molar-refractivity contribution in [2.24, 2.45) is 11.3 Å². The number of carbonyl (C=O) groups excluding carboxylic acids is 1. The molecular formula is C12H24N2O. The summed E-state index contributed by atoms with van der Waals surface area (Å²) in [7, 11) is 0. The Morgan fingerprint density at radius 2 is 2.27 bits per heavy atom. The molecule has 1 fully saturated rings. The van der Waals surface area contributed by atoms with Crippen LogP contribution in [0.5, 0.6) is 0 Å². The number of amides is 1. The predicted octanol–water partition coefficient (Wildman–Crippen LogP) is 1.54. The Kier molecular flexibility index (Phi) is 4.58. The van der Waals surface area contributed by atoms with Crippen molar-refractivity contribution in [1.82, 2.24) is 10.6 Å². The van der Waals surface area contributed by atoms with Crippen molar-refractivity contribution in [3.63, 3.8) is 0 Å². The zero-order valence-electron chi connectivity index (χ0n) is 10.2. The SMILES string of the molecule is CCCCNC(=O)C1(C(C)C)CCNC1. The van der Waals surface area contributed by atoms with Gasteiger partial charge in [0.1, 0.15) is 0 Å². The fourth-order valence-electron chi connectivity index (χ4n) is 2.21. The lowest BCUT2D eigenvalue weighted by Crippen LogP contribution is -2.46. The summed E-state index contributed by atoms with van der Waals surface area (Å²) in [4.78, 5) is 12.1. The molecule has 15 heavy (non-hydrogen) atoms. The fraction of sp³-hybridized carbons (Fsp3) is 0.917. The highest BCUT2D eigenvalue weighted by Gasteiger charge is 2.43. The summed E-state index contributed by atoms with van der Waals surface area (Å²) in [6.07, 6.45) is 3.18. The van der Waals surface area contributed by atoms with E-state index in [4.69, 9.17) is 0 Å². The van der Waals surface area contributed by atoms with E-state index in [9.17, 15) is 4.79 Å². The van der Waals surface area contributed by atoms with Gasteiger partial charge in [-0.15, -0.1) is 0 Å². The average Bonchev–Trinajstić information content (AvgIpc) is 2.67. The van der Waals surface area contributed by atoms with Crippen LogP contribution in [0.4, 0.5) is 0 Å². The van der Waals surface area contributed by atoms with E-state index in [0.29, 0.717) is 5.92 Å². The molecule has 1 rings (SSSR count). The van der Waals surface area contributed by atoms with E-state index in [0.717, 1.165) is 38.9 Å². The van der Waals surface area contributed by atoms with E-state index >= 15 is 0 Å². The van der Waals surface area contributed by atoms with Crippen LogP contribution in [-0.2, 0) is 4.79 Å². The molecule has 3 nitrogen and oxygen atoms in total. The van der Waals surface area contributed by atoms with Crippen LogP contribution in [-0.4, -0.2) is 25.5 Å². The van der Waals surface area contributed by atoms with Crippen LogP contribution in [0, 0.1) is 11.3 Å². The molecule has 0 spiro atoms. The van der Waals surface area contributed by atoms with Crippen molar-refractivity contribution >= 4 is 5.91 Å². The van der Waals surface area contributed by atoms with E-state index in [1.807, 2.05) is 0 Å². The van der Waals surface area contributed by atoms with Crippen molar-refractivity contribution < 1.29 is 4.79 Å². The predicted molar refractivity (Wildman–Crippen MR) is 62.7 cm³/mol. The molecule has 1 saturated heterocycles. The zero-order chi connectivity index (χ0) is 11.3. The summed E-state index contributed by atoms with van der Waals surface area (Å²) in [5.74, 6) is 0.657. The topological polar surface area (TPSA) is 41.1 Å². The normalized spacial score (nSPS) is 25.9. The first-order chi connectivity index (χ1) is 7.13. The van der Waals surface area contributed by atoms with E-state index in [1.165, 1.54) is 0 Å². The van der Waals surface area contributed by atoms with E-state index in [1.54, 1.807) is 0 Å². The molecule has 3 heteroatoms. The zero-order valence-corrected chi connectivity index (χ0v) is 10.2. The monoisotopic (exact) mass is 212 g/mol. The second kappa shape index (κ2) is 5.50. The number of unbranched alkanes of at least 4 members (excludes halogenated alkanes) is 1. The third-order valence-corrected chi connectivity index (χ3v) is 3.56. The average molecular weight is 212 g/mol. The second-order valence-corrected chi connectivity index (χ2v) is 4.85. The van der Waals surface area contributed by atoms with Crippen LogP contribution >= 0.6 is 0 Å². The molecule has 1 unspecified atom stereocenters. The van der Waals surface area contributed by atoms with Crippen LogP contribution in [0.15, 0.2) is 0 Å². The maximum Gasteiger partial charge on any atom is 0.227 e. The Hall–Kier alpha value is -0.570. The van der Waals surface area contributed by atoms with Crippen LogP contribution in [0.2, 0.25) is 0 Å². The molecule has 0 aromatic rings. The molecule has 1 atom stereocenters. The number of hydrogen-bond acceptors (Lipinski definition) is 2. The van der Waals surface area contributed by atoms with Gasteiger partial charge in [-0.1, -0.05) is 27.2 Å². The van der Waals surface area contributed by atoms with Crippen molar-refractivity contribution in [1.29, 1.82) is 0 Å². The molecule has 1 heterocycles. The third-order valence-electron chi connectivity index (χ3n) is 3.56. The summed E-state index contributed by atoms with van der Waals surface area (Å²) < 4.78 is 0. The number of rotatable bonds is 5. The lowest BCUT2D eigenvalue weighted by atomic mass is 9.75. The lowest BCUT2D eigenvalue weighted by molar-refractivity contribution is -0.132. The second-order valence-electron chi connectivity index (χ2n) is 4.85. The quantitative estimate of drug-likeness (QED) is 0.679. The first kappa shape index (κ1) is 12.5. The highest BCUT2D eigenvalue weighted by atomic mass is 16.2. The minimum atomic E-state index is -0.159. The molecule has 0 bridgehead atoms. The summed E-state index contributed by atoms with van der Waals surface area (Å²) in [6.45, 7) is 9.06. The third kappa shape index (κ3) is 2.71. The molecule has 0 saturated carbocycles. The van der Waals surface area contributed by atoms with Gasteiger partial charge in [-0.25, -0.2) is 0 Å². The molecule has 88 valence electrons. The van der Waals surface area contributed by atoms with Crippen LogP contribution < -0.4 is 10.6 Å².